The number of carbonyl (C=O) groups is 2. The Morgan fingerprint density at radius 1 is 1.23 bits per heavy atom. The molecule has 0 aliphatic rings. The molecule has 140 valence electrons. The molecule has 0 spiro atoms. The average Bonchev–Trinajstić information content (AvgIpc) is 2.86. The first-order valence-corrected chi connectivity index (χ1v) is 9.20. The van der Waals surface area contributed by atoms with Crippen molar-refractivity contribution in [2.75, 3.05) is 24.3 Å². The van der Waals surface area contributed by atoms with Crippen molar-refractivity contribution in [3.8, 4) is 5.75 Å². The maximum atomic E-state index is 12.0. The van der Waals surface area contributed by atoms with E-state index in [-0.39, 0.29) is 18.3 Å². The molecule has 1 N–H and O–H groups in total. The number of aromatic nitrogens is 2. The summed E-state index contributed by atoms with van der Waals surface area (Å²) in [7, 11) is 1.80. The summed E-state index contributed by atoms with van der Waals surface area (Å²) in [5.41, 5.74) is 2.21. The number of nitrogens with zero attached hydrogens (tertiary/aromatic N) is 2. The molecule has 0 fully saturated rings. The summed E-state index contributed by atoms with van der Waals surface area (Å²) in [6.07, 6.45) is 0. The molecule has 1 aromatic heterocycles. The molecule has 1 aromatic carbocycles. The number of amides is 1. The maximum absolute atomic E-state index is 12.0. The number of carbonyl (C=O) groups excluding carboxylic acids is 2. The fourth-order valence-corrected chi connectivity index (χ4v) is 2.96. The van der Waals surface area contributed by atoms with Crippen molar-refractivity contribution in [1.29, 1.82) is 0 Å². The van der Waals surface area contributed by atoms with Gasteiger partial charge in [0, 0.05) is 11.9 Å². The second-order valence-electron chi connectivity index (χ2n) is 5.57. The standard InChI is InChI=1S/C18H23N3O4S/c1-5-24-14-6-8-15(9-7-14)26-11-17(23)25-10-16(22)19-18-12(2)20-21(4)13(18)3/h6-9H,5,10-11H2,1-4H3,(H,19,22). The van der Waals surface area contributed by atoms with Crippen LogP contribution in [0.3, 0.4) is 0 Å². The summed E-state index contributed by atoms with van der Waals surface area (Å²) >= 11 is 1.34. The van der Waals surface area contributed by atoms with E-state index in [0.717, 1.165) is 22.0 Å². The van der Waals surface area contributed by atoms with Gasteiger partial charge in [-0.25, -0.2) is 0 Å². The lowest BCUT2D eigenvalue weighted by molar-refractivity contribution is -0.144. The Bertz CT molecular complexity index is 771. The van der Waals surface area contributed by atoms with E-state index in [1.807, 2.05) is 45.0 Å². The van der Waals surface area contributed by atoms with Crippen molar-refractivity contribution >= 4 is 29.3 Å². The third-order valence-corrected chi connectivity index (χ3v) is 4.61. The summed E-state index contributed by atoms with van der Waals surface area (Å²) in [5, 5.41) is 6.95. The fraction of sp³-hybridized carbons (Fsp3) is 0.389. The number of esters is 1. The van der Waals surface area contributed by atoms with Crippen LogP contribution in [0.5, 0.6) is 5.75 Å². The lowest BCUT2D eigenvalue weighted by Gasteiger charge is -2.07. The second-order valence-corrected chi connectivity index (χ2v) is 6.62. The Balaban J connectivity index is 1.75. The zero-order valence-electron chi connectivity index (χ0n) is 15.4. The van der Waals surface area contributed by atoms with E-state index in [1.54, 1.807) is 11.7 Å². The SMILES string of the molecule is CCOc1ccc(SCC(=O)OCC(=O)Nc2c(C)nn(C)c2C)cc1. The van der Waals surface area contributed by atoms with Gasteiger partial charge in [0.05, 0.1) is 29.4 Å². The predicted octanol–water partition coefficient (Wildman–Crippen LogP) is 2.71. The number of aryl methyl sites for hydroxylation is 2. The number of hydrogen-bond acceptors (Lipinski definition) is 6. The number of ether oxygens (including phenoxy) is 2. The lowest BCUT2D eigenvalue weighted by Crippen LogP contribution is -2.22. The van der Waals surface area contributed by atoms with Crippen molar-refractivity contribution in [3.63, 3.8) is 0 Å². The van der Waals surface area contributed by atoms with E-state index in [9.17, 15) is 9.59 Å². The average molecular weight is 377 g/mol. The zero-order chi connectivity index (χ0) is 19.1. The van der Waals surface area contributed by atoms with E-state index >= 15 is 0 Å². The van der Waals surface area contributed by atoms with Gasteiger partial charge < -0.3 is 14.8 Å². The van der Waals surface area contributed by atoms with Crippen LogP contribution in [-0.2, 0) is 21.4 Å². The first kappa shape index (κ1) is 19.8. The lowest BCUT2D eigenvalue weighted by atomic mass is 10.3. The third kappa shape index (κ3) is 5.52. The first-order valence-electron chi connectivity index (χ1n) is 8.22. The predicted molar refractivity (Wildman–Crippen MR) is 101 cm³/mol. The van der Waals surface area contributed by atoms with Gasteiger partial charge in [0.2, 0.25) is 0 Å². The normalized spacial score (nSPS) is 10.5. The monoisotopic (exact) mass is 377 g/mol. The van der Waals surface area contributed by atoms with Crippen LogP contribution in [0.25, 0.3) is 0 Å². The smallest absolute Gasteiger partial charge is 0.316 e. The van der Waals surface area contributed by atoms with Gasteiger partial charge in [-0.1, -0.05) is 0 Å². The van der Waals surface area contributed by atoms with Crippen LogP contribution in [0.4, 0.5) is 5.69 Å². The van der Waals surface area contributed by atoms with Gasteiger partial charge in [0.1, 0.15) is 5.75 Å². The van der Waals surface area contributed by atoms with Gasteiger partial charge >= 0.3 is 5.97 Å². The molecule has 26 heavy (non-hydrogen) atoms. The highest BCUT2D eigenvalue weighted by Crippen LogP contribution is 2.21. The molecule has 0 saturated heterocycles. The van der Waals surface area contributed by atoms with Crippen LogP contribution < -0.4 is 10.1 Å². The molecule has 7 nitrogen and oxygen atoms in total. The largest absolute Gasteiger partial charge is 0.494 e. The van der Waals surface area contributed by atoms with Gasteiger partial charge in [-0.05, 0) is 45.0 Å². The minimum Gasteiger partial charge on any atom is -0.494 e. The minimum atomic E-state index is -0.446. The quantitative estimate of drug-likeness (QED) is 0.563. The van der Waals surface area contributed by atoms with E-state index in [2.05, 4.69) is 10.4 Å². The molecule has 0 aliphatic carbocycles. The summed E-state index contributed by atoms with van der Waals surface area (Å²) in [4.78, 5) is 24.7. The van der Waals surface area contributed by atoms with E-state index < -0.39 is 5.97 Å². The minimum absolute atomic E-state index is 0.131. The Labute approximate surface area is 157 Å². The van der Waals surface area contributed by atoms with Crippen molar-refractivity contribution in [1.82, 2.24) is 9.78 Å². The summed E-state index contributed by atoms with van der Waals surface area (Å²) in [6.45, 7) is 5.87. The second kappa shape index (κ2) is 9.28. The topological polar surface area (TPSA) is 82.4 Å². The molecule has 0 unspecified atom stereocenters. The van der Waals surface area contributed by atoms with Crippen LogP contribution in [0.2, 0.25) is 0 Å². The number of thioether (sulfide) groups is 1. The van der Waals surface area contributed by atoms with Crippen LogP contribution in [0, 0.1) is 13.8 Å². The summed E-state index contributed by atoms with van der Waals surface area (Å²) in [6, 6.07) is 7.46. The van der Waals surface area contributed by atoms with Gasteiger partial charge in [-0.3, -0.25) is 14.3 Å². The van der Waals surface area contributed by atoms with E-state index in [1.165, 1.54) is 11.8 Å². The Kier molecular flexibility index (Phi) is 7.08. The molecule has 8 heteroatoms. The third-order valence-electron chi connectivity index (χ3n) is 3.63. The van der Waals surface area contributed by atoms with Crippen molar-refractivity contribution in [2.45, 2.75) is 25.7 Å². The zero-order valence-corrected chi connectivity index (χ0v) is 16.2. The van der Waals surface area contributed by atoms with Crippen LogP contribution in [-0.4, -0.2) is 40.6 Å². The van der Waals surface area contributed by atoms with Gasteiger partial charge in [-0.15, -0.1) is 11.8 Å². The molecular formula is C18H23N3O4S. The van der Waals surface area contributed by atoms with E-state index in [4.69, 9.17) is 9.47 Å². The Morgan fingerprint density at radius 3 is 2.50 bits per heavy atom. The molecule has 0 atom stereocenters. The van der Waals surface area contributed by atoms with Gasteiger partial charge in [0.25, 0.3) is 5.91 Å². The number of anilines is 1. The molecule has 0 bridgehead atoms. The Hall–Kier alpha value is -2.48. The van der Waals surface area contributed by atoms with Crippen LogP contribution >= 0.6 is 11.8 Å². The highest BCUT2D eigenvalue weighted by molar-refractivity contribution is 8.00. The number of hydrogen-bond donors (Lipinski definition) is 1. The van der Waals surface area contributed by atoms with Crippen molar-refractivity contribution in [3.05, 3.63) is 35.7 Å². The molecule has 2 aromatic rings. The van der Waals surface area contributed by atoms with Crippen molar-refractivity contribution in [2.24, 2.45) is 7.05 Å². The molecule has 1 heterocycles. The van der Waals surface area contributed by atoms with Gasteiger partial charge in [0.15, 0.2) is 6.61 Å². The molecular weight excluding hydrogens is 354 g/mol. The molecule has 1 amide bonds. The molecule has 0 saturated carbocycles. The molecule has 0 radical (unpaired) electrons. The number of nitrogens with one attached hydrogen (secondary N) is 1. The highest BCUT2D eigenvalue weighted by Gasteiger charge is 2.14. The van der Waals surface area contributed by atoms with Crippen molar-refractivity contribution < 1.29 is 19.1 Å². The van der Waals surface area contributed by atoms with Crippen LogP contribution in [0.1, 0.15) is 18.3 Å². The van der Waals surface area contributed by atoms with Gasteiger partial charge in [-0.2, -0.15) is 5.10 Å². The first-order chi connectivity index (χ1) is 12.4. The van der Waals surface area contributed by atoms with E-state index in [0.29, 0.717) is 12.3 Å². The maximum Gasteiger partial charge on any atom is 0.316 e. The van der Waals surface area contributed by atoms with Crippen LogP contribution in [0.15, 0.2) is 29.2 Å². The summed E-state index contributed by atoms with van der Waals surface area (Å²) < 4.78 is 12.1. The number of rotatable bonds is 8. The molecule has 2 rings (SSSR count). The molecule has 0 aliphatic heterocycles. The fourth-order valence-electron chi connectivity index (χ4n) is 2.26. The summed E-state index contributed by atoms with van der Waals surface area (Å²) in [5.74, 6) is 0.0889. The highest BCUT2D eigenvalue weighted by atomic mass is 32.2. The number of benzene rings is 1. The Morgan fingerprint density at radius 2 is 1.92 bits per heavy atom.